The van der Waals surface area contributed by atoms with E-state index in [-0.39, 0.29) is 0 Å². The van der Waals surface area contributed by atoms with E-state index in [2.05, 4.69) is 20.8 Å². The number of hydrogen-bond donors (Lipinski definition) is 0. The fourth-order valence-electron chi connectivity index (χ4n) is 3.70. The molecule has 0 aromatic rings. The van der Waals surface area contributed by atoms with E-state index in [9.17, 15) is 0 Å². The third-order valence-corrected chi connectivity index (χ3v) is 5.11. The maximum Gasteiger partial charge on any atom is -0.0414 e. The highest BCUT2D eigenvalue weighted by atomic mass is 14.1. The van der Waals surface area contributed by atoms with Gasteiger partial charge in [0.15, 0.2) is 0 Å². The Labute approximate surface area is 142 Å². The zero-order chi connectivity index (χ0) is 16.3. The van der Waals surface area contributed by atoms with E-state index < -0.39 is 0 Å². The summed E-state index contributed by atoms with van der Waals surface area (Å²) < 4.78 is 0. The van der Waals surface area contributed by atoms with Crippen molar-refractivity contribution in [3.63, 3.8) is 0 Å². The predicted octanol–water partition coefficient (Wildman–Crippen LogP) is 8.68. The molecule has 0 nitrogen and oxygen atoms in total. The van der Waals surface area contributed by atoms with Crippen molar-refractivity contribution in [3.8, 4) is 0 Å². The van der Waals surface area contributed by atoms with Crippen LogP contribution in [-0.4, -0.2) is 0 Å². The Bertz CT molecular complexity index is 178. The molecular weight excluding hydrogens is 264 g/mol. The van der Waals surface area contributed by atoms with Crippen molar-refractivity contribution in [1.82, 2.24) is 0 Å². The third-order valence-electron chi connectivity index (χ3n) is 5.11. The van der Waals surface area contributed by atoms with Crippen molar-refractivity contribution >= 4 is 0 Å². The van der Waals surface area contributed by atoms with Gasteiger partial charge in [-0.3, -0.25) is 0 Å². The number of unbranched alkanes of at least 4 members (excludes halogenated alkanes) is 12. The summed E-state index contributed by atoms with van der Waals surface area (Å²) in [6.45, 7) is 6.98. The summed E-state index contributed by atoms with van der Waals surface area (Å²) in [6, 6.07) is 0. The van der Waals surface area contributed by atoms with Gasteiger partial charge in [-0.05, 0) is 5.92 Å². The topological polar surface area (TPSA) is 0 Å². The van der Waals surface area contributed by atoms with Crippen molar-refractivity contribution in [2.75, 3.05) is 0 Å². The predicted molar refractivity (Wildman–Crippen MR) is 104 cm³/mol. The molecule has 0 heterocycles. The van der Waals surface area contributed by atoms with Crippen LogP contribution in [0, 0.1) is 5.92 Å². The molecule has 0 aromatic heterocycles. The Morgan fingerprint density at radius 3 is 1.09 bits per heavy atom. The van der Waals surface area contributed by atoms with Crippen molar-refractivity contribution in [3.05, 3.63) is 0 Å². The van der Waals surface area contributed by atoms with Crippen LogP contribution in [0.15, 0.2) is 0 Å². The fourth-order valence-corrected chi connectivity index (χ4v) is 3.70. The molecule has 0 saturated heterocycles. The normalized spacial score (nSPS) is 11.5. The van der Waals surface area contributed by atoms with Crippen molar-refractivity contribution in [1.29, 1.82) is 0 Å². The summed E-state index contributed by atoms with van der Waals surface area (Å²) in [6.07, 6.45) is 26.3. The Morgan fingerprint density at radius 1 is 0.364 bits per heavy atom. The van der Waals surface area contributed by atoms with Crippen LogP contribution < -0.4 is 0 Å². The lowest BCUT2D eigenvalue weighted by Gasteiger charge is -2.14. The molecule has 0 aliphatic carbocycles. The summed E-state index contributed by atoms with van der Waals surface area (Å²) in [7, 11) is 0. The van der Waals surface area contributed by atoms with Gasteiger partial charge in [0, 0.05) is 0 Å². The Kier molecular flexibility index (Phi) is 19.0. The molecule has 0 fully saturated rings. The fraction of sp³-hybridized carbons (Fsp3) is 1.00. The van der Waals surface area contributed by atoms with Crippen molar-refractivity contribution in [2.45, 2.75) is 136 Å². The minimum absolute atomic E-state index is 1.03. The molecule has 134 valence electrons. The Morgan fingerprint density at radius 2 is 0.727 bits per heavy atom. The standard InChI is InChI=1S/C22H46/c1-4-7-8-9-10-11-12-13-14-15-16-17-18-21-22(19-5-2)20-6-3/h22H,4-21H2,1-3H3. The molecule has 0 rings (SSSR count). The summed E-state index contributed by atoms with van der Waals surface area (Å²) in [5.41, 5.74) is 0. The van der Waals surface area contributed by atoms with Gasteiger partial charge in [-0.25, -0.2) is 0 Å². The van der Waals surface area contributed by atoms with Crippen LogP contribution in [0.2, 0.25) is 0 Å². The molecule has 22 heavy (non-hydrogen) atoms. The first-order valence-corrected chi connectivity index (χ1v) is 10.8. The molecule has 0 aliphatic heterocycles. The summed E-state index contributed by atoms with van der Waals surface area (Å²) in [5, 5.41) is 0. The lowest BCUT2D eigenvalue weighted by atomic mass is 9.92. The van der Waals surface area contributed by atoms with Gasteiger partial charge < -0.3 is 0 Å². The molecule has 0 saturated carbocycles. The molecule has 0 aromatic carbocycles. The molecular formula is C22H46. The average Bonchev–Trinajstić information content (AvgIpc) is 2.52. The number of hydrogen-bond acceptors (Lipinski definition) is 0. The first-order chi connectivity index (χ1) is 10.8. The van der Waals surface area contributed by atoms with Crippen LogP contribution >= 0.6 is 0 Å². The van der Waals surface area contributed by atoms with Gasteiger partial charge in [-0.2, -0.15) is 0 Å². The molecule has 0 amide bonds. The van der Waals surface area contributed by atoms with Crippen LogP contribution in [0.25, 0.3) is 0 Å². The quantitative estimate of drug-likeness (QED) is 0.222. The SMILES string of the molecule is CCCCCCCCCCCCCCCC(CCC)CCC. The largest absolute Gasteiger partial charge is 0.0654 e. The van der Waals surface area contributed by atoms with Gasteiger partial charge in [-0.15, -0.1) is 0 Å². The highest BCUT2D eigenvalue weighted by Gasteiger charge is 2.05. The van der Waals surface area contributed by atoms with Crippen molar-refractivity contribution in [2.24, 2.45) is 5.92 Å². The van der Waals surface area contributed by atoms with E-state index in [0.717, 1.165) is 5.92 Å². The van der Waals surface area contributed by atoms with Crippen LogP contribution in [0.1, 0.15) is 136 Å². The Balaban J connectivity index is 3.16. The van der Waals surface area contributed by atoms with Gasteiger partial charge >= 0.3 is 0 Å². The lowest BCUT2D eigenvalue weighted by molar-refractivity contribution is 0.390. The first-order valence-electron chi connectivity index (χ1n) is 10.8. The van der Waals surface area contributed by atoms with E-state index in [1.165, 1.54) is 116 Å². The van der Waals surface area contributed by atoms with Crippen LogP contribution in [0.3, 0.4) is 0 Å². The van der Waals surface area contributed by atoms with Crippen LogP contribution in [0.5, 0.6) is 0 Å². The molecule has 0 N–H and O–H groups in total. The molecule has 0 aliphatic rings. The zero-order valence-corrected chi connectivity index (χ0v) is 16.3. The van der Waals surface area contributed by atoms with E-state index >= 15 is 0 Å². The zero-order valence-electron chi connectivity index (χ0n) is 16.3. The second-order valence-corrected chi connectivity index (χ2v) is 7.47. The van der Waals surface area contributed by atoms with Crippen LogP contribution in [-0.2, 0) is 0 Å². The summed E-state index contributed by atoms with van der Waals surface area (Å²) in [4.78, 5) is 0. The molecule has 0 heteroatoms. The summed E-state index contributed by atoms with van der Waals surface area (Å²) >= 11 is 0. The minimum Gasteiger partial charge on any atom is -0.0654 e. The van der Waals surface area contributed by atoms with Gasteiger partial charge in [0.25, 0.3) is 0 Å². The monoisotopic (exact) mass is 310 g/mol. The first kappa shape index (κ1) is 22.0. The third kappa shape index (κ3) is 16.4. The van der Waals surface area contributed by atoms with Gasteiger partial charge in [0.1, 0.15) is 0 Å². The van der Waals surface area contributed by atoms with E-state index in [1.54, 1.807) is 0 Å². The minimum atomic E-state index is 1.03. The second kappa shape index (κ2) is 19.0. The van der Waals surface area contributed by atoms with E-state index in [1.807, 2.05) is 0 Å². The van der Waals surface area contributed by atoms with E-state index in [4.69, 9.17) is 0 Å². The molecule has 0 radical (unpaired) electrons. The molecule has 0 bridgehead atoms. The Hall–Kier alpha value is 0. The molecule has 0 atom stereocenters. The summed E-state index contributed by atoms with van der Waals surface area (Å²) in [5.74, 6) is 1.03. The van der Waals surface area contributed by atoms with Crippen molar-refractivity contribution < 1.29 is 0 Å². The average molecular weight is 311 g/mol. The lowest BCUT2D eigenvalue weighted by Crippen LogP contribution is -1.99. The molecule has 0 spiro atoms. The second-order valence-electron chi connectivity index (χ2n) is 7.47. The van der Waals surface area contributed by atoms with Crippen LogP contribution in [0.4, 0.5) is 0 Å². The van der Waals surface area contributed by atoms with E-state index in [0.29, 0.717) is 0 Å². The van der Waals surface area contributed by atoms with Gasteiger partial charge in [0.05, 0.1) is 0 Å². The highest BCUT2D eigenvalue weighted by molar-refractivity contribution is 4.59. The maximum absolute atomic E-state index is 2.34. The maximum atomic E-state index is 2.34. The molecule has 0 unspecified atom stereocenters. The number of rotatable bonds is 18. The van der Waals surface area contributed by atoms with Gasteiger partial charge in [0.2, 0.25) is 0 Å². The smallest absolute Gasteiger partial charge is 0.0414 e. The highest BCUT2D eigenvalue weighted by Crippen LogP contribution is 2.21. The van der Waals surface area contributed by atoms with Gasteiger partial charge in [-0.1, -0.05) is 136 Å².